The van der Waals surface area contributed by atoms with Crippen LogP contribution < -0.4 is 4.74 Å². The molecule has 0 bridgehead atoms. The number of ether oxygens (including phenoxy) is 1. The predicted molar refractivity (Wildman–Crippen MR) is 261 cm³/mol. The standard InChI is InChI=1S/C59H43N3O2/c1-37-15-12-22-41(31-37)42-26-28-51-49(35-42)54-47(23-13-25-53(54)63-51)57-60-56(40-20-10-5-11-21-40)61-58(62-57)48-24-14-30-59(2)55(48)50-36-43(27-29-52(50)64-59)46-33-44(38-16-6-3-7-17-38)32-45(34-46)39-18-8-4-9-19-39/h3-30,32-37,55H,31H2,1-2H3. The molecular formula is C59H43N3O2. The molecule has 0 fully saturated rings. The SMILES string of the molecule is CC1C=CC=C(c2ccc3oc4cccc(-c5nc(C6=CC=CC7(C)Oc8ccc(-c9cc(-c%10ccccc%10)cc(-c%10ccccc%10)c9)cc8C67)nc(-c6ccccc6)n5)c4c3c2)C1. The molecule has 64 heavy (non-hydrogen) atoms. The second kappa shape index (κ2) is 15.2. The van der Waals surface area contributed by atoms with Crippen LogP contribution in [0.2, 0.25) is 0 Å². The molecule has 5 heteroatoms. The van der Waals surface area contributed by atoms with Crippen LogP contribution in [0.1, 0.15) is 43.1 Å². The summed E-state index contributed by atoms with van der Waals surface area (Å²) in [6.07, 6.45) is 14.1. The van der Waals surface area contributed by atoms with Crippen LogP contribution >= 0.6 is 0 Å². The van der Waals surface area contributed by atoms with Crippen LogP contribution in [0.25, 0.3) is 89.2 Å². The van der Waals surface area contributed by atoms with E-state index in [0.29, 0.717) is 23.4 Å². The van der Waals surface area contributed by atoms with Crippen molar-refractivity contribution in [2.24, 2.45) is 5.92 Å². The van der Waals surface area contributed by atoms with Gasteiger partial charge in [-0.1, -0.05) is 153 Å². The van der Waals surface area contributed by atoms with Crippen molar-refractivity contribution in [1.82, 2.24) is 15.0 Å². The van der Waals surface area contributed by atoms with Crippen molar-refractivity contribution in [2.45, 2.75) is 31.8 Å². The lowest BCUT2D eigenvalue weighted by Crippen LogP contribution is -2.34. The zero-order valence-electron chi connectivity index (χ0n) is 35.6. The third-order valence-electron chi connectivity index (χ3n) is 13.0. The van der Waals surface area contributed by atoms with E-state index in [0.717, 1.165) is 67.5 Å². The zero-order chi connectivity index (χ0) is 42.8. The number of nitrogens with zero attached hydrogens (tertiary/aromatic N) is 3. The van der Waals surface area contributed by atoms with Gasteiger partial charge in [0.2, 0.25) is 0 Å². The molecule has 3 aliphatic rings. The number of furan rings is 1. The number of aromatic nitrogens is 3. The molecule has 3 unspecified atom stereocenters. The van der Waals surface area contributed by atoms with Crippen molar-refractivity contribution in [3.05, 3.63) is 217 Å². The lowest BCUT2D eigenvalue weighted by atomic mass is 9.76. The quantitative estimate of drug-likeness (QED) is 0.160. The molecule has 0 saturated heterocycles. The zero-order valence-corrected chi connectivity index (χ0v) is 35.6. The Morgan fingerprint density at radius 2 is 1.19 bits per heavy atom. The van der Waals surface area contributed by atoms with E-state index in [-0.39, 0.29) is 5.92 Å². The maximum atomic E-state index is 6.90. The van der Waals surface area contributed by atoms with Crippen LogP contribution in [0.5, 0.6) is 5.75 Å². The highest BCUT2D eigenvalue weighted by Gasteiger charge is 2.47. The van der Waals surface area contributed by atoms with Gasteiger partial charge in [0.05, 0.1) is 5.92 Å². The molecule has 2 aliphatic carbocycles. The van der Waals surface area contributed by atoms with Crippen molar-refractivity contribution in [3.8, 4) is 61.9 Å². The van der Waals surface area contributed by atoms with E-state index < -0.39 is 5.60 Å². The van der Waals surface area contributed by atoms with Gasteiger partial charge >= 0.3 is 0 Å². The molecule has 1 aliphatic heterocycles. The lowest BCUT2D eigenvalue weighted by molar-refractivity contribution is 0.158. The average molecular weight is 826 g/mol. The normalized spacial score (nSPS) is 18.7. The molecular weight excluding hydrogens is 783 g/mol. The molecule has 0 spiro atoms. The van der Waals surface area contributed by atoms with Crippen molar-refractivity contribution in [1.29, 1.82) is 0 Å². The first-order valence-electron chi connectivity index (χ1n) is 22.1. The van der Waals surface area contributed by atoms with E-state index >= 15 is 0 Å². The van der Waals surface area contributed by atoms with Gasteiger partial charge in [-0.05, 0) is 118 Å². The number of rotatable bonds is 7. The highest BCUT2D eigenvalue weighted by Crippen LogP contribution is 2.54. The first-order valence-corrected chi connectivity index (χ1v) is 22.1. The maximum absolute atomic E-state index is 6.90. The van der Waals surface area contributed by atoms with Crippen LogP contribution in [-0.2, 0) is 0 Å². The van der Waals surface area contributed by atoms with Crippen LogP contribution in [0, 0.1) is 5.92 Å². The summed E-state index contributed by atoms with van der Waals surface area (Å²) >= 11 is 0. The fourth-order valence-corrected chi connectivity index (χ4v) is 9.90. The minimum atomic E-state index is -0.663. The molecule has 0 radical (unpaired) electrons. The minimum absolute atomic E-state index is 0.189. The van der Waals surface area contributed by atoms with Crippen LogP contribution in [0.4, 0.5) is 0 Å². The van der Waals surface area contributed by atoms with Gasteiger partial charge in [-0.2, -0.15) is 0 Å². The van der Waals surface area contributed by atoms with E-state index in [4.69, 9.17) is 24.1 Å². The Morgan fingerprint density at radius 1 is 0.531 bits per heavy atom. The summed E-state index contributed by atoms with van der Waals surface area (Å²) < 4.78 is 13.4. The van der Waals surface area contributed by atoms with E-state index in [1.54, 1.807) is 0 Å². The molecule has 12 rings (SSSR count). The van der Waals surface area contributed by atoms with Crippen LogP contribution in [-0.4, -0.2) is 20.6 Å². The monoisotopic (exact) mass is 825 g/mol. The predicted octanol–water partition coefficient (Wildman–Crippen LogP) is 15.0. The molecule has 3 atom stereocenters. The van der Waals surface area contributed by atoms with Crippen molar-refractivity contribution >= 4 is 33.1 Å². The van der Waals surface area contributed by atoms with Gasteiger partial charge in [0.15, 0.2) is 17.5 Å². The largest absolute Gasteiger partial charge is 0.482 e. The van der Waals surface area contributed by atoms with Crippen LogP contribution in [0.3, 0.4) is 0 Å². The molecule has 7 aromatic carbocycles. The molecule has 306 valence electrons. The Hall–Kier alpha value is -7.89. The number of hydrogen-bond acceptors (Lipinski definition) is 5. The second-order valence-corrected chi connectivity index (χ2v) is 17.4. The molecule has 9 aromatic rings. The highest BCUT2D eigenvalue weighted by molar-refractivity contribution is 6.12. The van der Waals surface area contributed by atoms with Gasteiger partial charge < -0.3 is 9.15 Å². The van der Waals surface area contributed by atoms with Crippen molar-refractivity contribution < 1.29 is 9.15 Å². The minimum Gasteiger partial charge on any atom is -0.482 e. The Bertz CT molecular complexity index is 3360. The summed E-state index contributed by atoms with van der Waals surface area (Å²) in [6, 6.07) is 57.6. The summed E-state index contributed by atoms with van der Waals surface area (Å²) in [7, 11) is 0. The summed E-state index contributed by atoms with van der Waals surface area (Å²) in [5.74, 6) is 2.97. The highest BCUT2D eigenvalue weighted by atomic mass is 16.5. The summed E-state index contributed by atoms with van der Waals surface area (Å²) in [5.41, 5.74) is 14.3. The van der Waals surface area contributed by atoms with Crippen molar-refractivity contribution in [2.75, 3.05) is 0 Å². The van der Waals surface area contributed by atoms with E-state index in [1.807, 2.05) is 30.3 Å². The molecule has 3 heterocycles. The summed E-state index contributed by atoms with van der Waals surface area (Å²) in [4.78, 5) is 15.9. The smallest absolute Gasteiger partial charge is 0.164 e. The van der Waals surface area contributed by atoms with Crippen molar-refractivity contribution in [3.63, 3.8) is 0 Å². The van der Waals surface area contributed by atoms with Gasteiger partial charge in [-0.3, -0.25) is 0 Å². The third kappa shape index (κ3) is 6.60. The molecule has 5 nitrogen and oxygen atoms in total. The topological polar surface area (TPSA) is 61.0 Å². The van der Waals surface area contributed by atoms with Gasteiger partial charge in [-0.15, -0.1) is 0 Å². The number of hydrogen-bond donors (Lipinski definition) is 0. The number of benzene rings is 7. The maximum Gasteiger partial charge on any atom is 0.164 e. The Morgan fingerprint density at radius 3 is 1.91 bits per heavy atom. The number of fused-ring (bicyclic) bond motifs is 6. The fourth-order valence-electron chi connectivity index (χ4n) is 9.90. The third-order valence-corrected chi connectivity index (χ3v) is 13.0. The van der Waals surface area contributed by atoms with Gasteiger partial charge in [0.25, 0.3) is 0 Å². The van der Waals surface area contributed by atoms with E-state index in [1.165, 1.54) is 33.4 Å². The molecule has 0 saturated carbocycles. The molecule has 0 amide bonds. The summed E-state index contributed by atoms with van der Waals surface area (Å²) in [6.45, 7) is 4.43. The van der Waals surface area contributed by atoms with Gasteiger partial charge in [0.1, 0.15) is 22.5 Å². The first kappa shape index (κ1) is 37.8. The van der Waals surface area contributed by atoms with E-state index in [2.05, 4.69) is 184 Å². The summed E-state index contributed by atoms with van der Waals surface area (Å²) in [5, 5.41) is 2.03. The first-order chi connectivity index (χ1) is 31.4. The average Bonchev–Trinajstić information content (AvgIpc) is 3.88. The Labute approximate surface area is 372 Å². The Balaban J connectivity index is 1.01. The van der Waals surface area contributed by atoms with Gasteiger partial charge in [-0.25, -0.2) is 15.0 Å². The van der Waals surface area contributed by atoms with E-state index in [9.17, 15) is 0 Å². The fraction of sp³-hybridized carbons (Fsp3) is 0.102. The number of allylic oxidation sites excluding steroid dienone is 6. The van der Waals surface area contributed by atoms with Gasteiger partial charge in [0, 0.05) is 33.0 Å². The Kier molecular flexibility index (Phi) is 8.97. The second-order valence-electron chi connectivity index (χ2n) is 17.4. The molecule has 2 aromatic heterocycles. The molecule has 0 N–H and O–H groups in total. The lowest BCUT2D eigenvalue weighted by Gasteiger charge is -2.31. The van der Waals surface area contributed by atoms with Crippen LogP contribution in [0.15, 0.2) is 205 Å².